The minimum Gasteiger partial charge on any atom is -0.468 e. The lowest BCUT2D eigenvalue weighted by Crippen LogP contribution is -2.70. The van der Waals surface area contributed by atoms with Crippen LogP contribution >= 0.6 is 12.4 Å². The molecule has 13 heavy (non-hydrogen) atoms. The molecule has 2 aliphatic rings. The third-order valence-electron chi connectivity index (χ3n) is 3.80. The molecule has 2 N–H and O–H groups in total. The first kappa shape index (κ1) is 10.8. The number of nitrogens with two attached hydrogens (primary N) is 1. The second kappa shape index (κ2) is 3.14. The molecule has 0 heterocycles. The van der Waals surface area contributed by atoms with Gasteiger partial charge in [0.05, 0.1) is 7.11 Å². The topological polar surface area (TPSA) is 52.3 Å². The molecule has 76 valence electrons. The zero-order valence-corrected chi connectivity index (χ0v) is 8.65. The average molecular weight is 206 g/mol. The minimum atomic E-state index is -0.639. The highest BCUT2D eigenvalue weighted by molar-refractivity contribution is 5.85. The van der Waals surface area contributed by atoms with Crippen molar-refractivity contribution in [1.82, 2.24) is 0 Å². The van der Waals surface area contributed by atoms with E-state index >= 15 is 0 Å². The number of methoxy groups -OCH3 is 1. The highest BCUT2D eigenvalue weighted by atomic mass is 35.5. The Balaban J connectivity index is 0.000000845. The molecule has 3 nitrogen and oxygen atoms in total. The third kappa shape index (κ3) is 1.10. The summed E-state index contributed by atoms with van der Waals surface area (Å²) in [7, 11) is 1.42. The van der Waals surface area contributed by atoms with Crippen LogP contribution < -0.4 is 5.73 Å². The Kier molecular flexibility index (Phi) is 2.61. The quantitative estimate of drug-likeness (QED) is 0.656. The van der Waals surface area contributed by atoms with Gasteiger partial charge in [-0.1, -0.05) is 6.42 Å². The SMILES string of the molecule is COC(=O)C1(N)CCC12CCC2.Cl. The molecule has 1 atom stereocenters. The lowest BCUT2D eigenvalue weighted by atomic mass is 9.46. The molecule has 0 aromatic rings. The maximum absolute atomic E-state index is 11.4. The van der Waals surface area contributed by atoms with Gasteiger partial charge in [0.1, 0.15) is 5.54 Å². The predicted octanol–water partition coefficient (Wildman–Crippen LogP) is 1.24. The van der Waals surface area contributed by atoms with E-state index < -0.39 is 5.54 Å². The molecule has 0 saturated heterocycles. The molecule has 2 aliphatic carbocycles. The Labute approximate surface area is 84.4 Å². The number of rotatable bonds is 1. The molecule has 0 aromatic carbocycles. The monoisotopic (exact) mass is 205 g/mol. The standard InChI is InChI=1S/C9H15NO2.ClH/c1-12-7(11)9(10)6-5-8(9)3-2-4-8;/h2-6,10H2,1H3;1H. The van der Waals surface area contributed by atoms with Crippen LogP contribution in [0.3, 0.4) is 0 Å². The van der Waals surface area contributed by atoms with Crippen LogP contribution in [0, 0.1) is 5.41 Å². The highest BCUT2D eigenvalue weighted by Crippen LogP contribution is 2.61. The number of esters is 1. The van der Waals surface area contributed by atoms with Crippen molar-refractivity contribution in [2.75, 3.05) is 7.11 Å². The smallest absolute Gasteiger partial charge is 0.326 e. The first-order valence-electron chi connectivity index (χ1n) is 4.52. The van der Waals surface area contributed by atoms with Crippen LogP contribution in [0.25, 0.3) is 0 Å². The van der Waals surface area contributed by atoms with Gasteiger partial charge in [-0.05, 0) is 31.1 Å². The number of halogens is 1. The fourth-order valence-electron chi connectivity index (χ4n) is 2.55. The van der Waals surface area contributed by atoms with Crippen molar-refractivity contribution in [3.63, 3.8) is 0 Å². The van der Waals surface area contributed by atoms with Gasteiger partial charge in [-0.25, -0.2) is 0 Å². The Hall–Kier alpha value is -0.280. The summed E-state index contributed by atoms with van der Waals surface area (Å²) in [5.74, 6) is -0.214. The van der Waals surface area contributed by atoms with E-state index in [9.17, 15) is 4.79 Å². The number of hydrogen-bond donors (Lipinski definition) is 1. The van der Waals surface area contributed by atoms with Gasteiger partial charge in [-0.15, -0.1) is 12.4 Å². The highest BCUT2D eigenvalue weighted by Gasteiger charge is 2.64. The second-order valence-electron chi connectivity index (χ2n) is 4.10. The van der Waals surface area contributed by atoms with Gasteiger partial charge in [-0.3, -0.25) is 4.79 Å². The van der Waals surface area contributed by atoms with Crippen LogP contribution in [0.4, 0.5) is 0 Å². The third-order valence-corrected chi connectivity index (χ3v) is 3.80. The van der Waals surface area contributed by atoms with Crippen LogP contribution in [-0.4, -0.2) is 18.6 Å². The van der Waals surface area contributed by atoms with Gasteiger partial charge < -0.3 is 10.5 Å². The summed E-state index contributed by atoms with van der Waals surface area (Å²) in [5, 5.41) is 0. The van der Waals surface area contributed by atoms with Crippen LogP contribution in [0.5, 0.6) is 0 Å². The second-order valence-corrected chi connectivity index (χ2v) is 4.10. The van der Waals surface area contributed by atoms with Crippen molar-refractivity contribution in [3.05, 3.63) is 0 Å². The molecule has 1 unspecified atom stereocenters. The Bertz CT molecular complexity index is 222. The van der Waals surface area contributed by atoms with E-state index in [0.29, 0.717) is 0 Å². The van der Waals surface area contributed by atoms with Crippen LogP contribution in [0.2, 0.25) is 0 Å². The summed E-state index contributed by atoms with van der Waals surface area (Å²) in [5.41, 5.74) is 5.51. The van der Waals surface area contributed by atoms with E-state index in [4.69, 9.17) is 10.5 Å². The molecule has 1 spiro atoms. The maximum atomic E-state index is 11.4. The summed E-state index contributed by atoms with van der Waals surface area (Å²) in [6.45, 7) is 0. The molecular formula is C9H16ClNO2. The van der Waals surface area contributed by atoms with Crippen molar-refractivity contribution >= 4 is 18.4 Å². The molecule has 2 rings (SSSR count). The molecule has 0 aliphatic heterocycles. The van der Waals surface area contributed by atoms with Gasteiger partial charge in [0, 0.05) is 0 Å². The van der Waals surface area contributed by atoms with Gasteiger partial charge >= 0.3 is 5.97 Å². The predicted molar refractivity (Wildman–Crippen MR) is 51.7 cm³/mol. The molecule has 0 amide bonds. The van der Waals surface area contributed by atoms with Crippen molar-refractivity contribution < 1.29 is 9.53 Å². The zero-order valence-electron chi connectivity index (χ0n) is 7.84. The average Bonchev–Trinajstić information content (AvgIpc) is 1.97. The van der Waals surface area contributed by atoms with E-state index in [1.165, 1.54) is 13.5 Å². The summed E-state index contributed by atoms with van der Waals surface area (Å²) >= 11 is 0. The van der Waals surface area contributed by atoms with Gasteiger partial charge in [0.15, 0.2) is 0 Å². The van der Waals surface area contributed by atoms with Crippen LogP contribution in [0.15, 0.2) is 0 Å². The van der Waals surface area contributed by atoms with Gasteiger partial charge in [0.2, 0.25) is 0 Å². The fraction of sp³-hybridized carbons (Fsp3) is 0.889. The molecule has 2 fully saturated rings. The molecule has 2 saturated carbocycles. The molecular weight excluding hydrogens is 190 g/mol. The van der Waals surface area contributed by atoms with Crippen molar-refractivity contribution in [1.29, 1.82) is 0 Å². The lowest BCUT2D eigenvalue weighted by molar-refractivity contribution is -0.170. The van der Waals surface area contributed by atoms with Gasteiger partial charge in [0.25, 0.3) is 0 Å². The summed E-state index contributed by atoms with van der Waals surface area (Å²) in [4.78, 5) is 11.4. The molecule has 0 bridgehead atoms. The number of carbonyl (C=O) groups excluding carboxylic acids is 1. The lowest BCUT2D eigenvalue weighted by Gasteiger charge is -2.60. The van der Waals surface area contributed by atoms with Gasteiger partial charge in [-0.2, -0.15) is 0 Å². The fourth-order valence-corrected chi connectivity index (χ4v) is 2.55. The maximum Gasteiger partial charge on any atom is 0.326 e. The van der Waals surface area contributed by atoms with E-state index in [-0.39, 0.29) is 23.8 Å². The summed E-state index contributed by atoms with van der Waals surface area (Å²) < 4.78 is 4.72. The van der Waals surface area contributed by atoms with E-state index in [0.717, 1.165) is 25.7 Å². The van der Waals surface area contributed by atoms with E-state index in [1.54, 1.807) is 0 Å². The molecule has 4 heteroatoms. The first-order chi connectivity index (χ1) is 5.65. The van der Waals surface area contributed by atoms with Crippen molar-refractivity contribution in [2.24, 2.45) is 11.1 Å². The van der Waals surface area contributed by atoms with Crippen LogP contribution in [0.1, 0.15) is 32.1 Å². The largest absolute Gasteiger partial charge is 0.468 e. The number of carbonyl (C=O) groups is 1. The van der Waals surface area contributed by atoms with Crippen LogP contribution in [-0.2, 0) is 9.53 Å². The van der Waals surface area contributed by atoms with Crippen molar-refractivity contribution in [2.45, 2.75) is 37.6 Å². The summed E-state index contributed by atoms with van der Waals surface area (Å²) in [6, 6.07) is 0. The zero-order chi connectivity index (χ0) is 8.82. The van der Waals surface area contributed by atoms with Crippen molar-refractivity contribution in [3.8, 4) is 0 Å². The first-order valence-corrected chi connectivity index (χ1v) is 4.52. The Morgan fingerprint density at radius 2 is 1.92 bits per heavy atom. The van der Waals surface area contributed by atoms with E-state index in [2.05, 4.69) is 0 Å². The normalized spacial score (nSPS) is 34.0. The number of hydrogen-bond acceptors (Lipinski definition) is 3. The summed E-state index contributed by atoms with van der Waals surface area (Å²) in [6.07, 6.45) is 5.35. The molecule has 0 aromatic heterocycles. The molecule has 0 radical (unpaired) electrons. The van der Waals surface area contributed by atoms with E-state index in [1.807, 2.05) is 0 Å². The minimum absolute atomic E-state index is 0. The Morgan fingerprint density at radius 3 is 2.15 bits per heavy atom. The Morgan fingerprint density at radius 1 is 1.31 bits per heavy atom. The number of ether oxygens (including phenoxy) is 1.